The number of amides is 2. The molecule has 0 aromatic carbocycles. The second-order valence-corrected chi connectivity index (χ2v) is 5.37. The van der Waals surface area contributed by atoms with E-state index in [0.29, 0.717) is 17.7 Å². The Morgan fingerprint density at radius 3 is 2.63 bits per heavy atom. The lowest BCUT2D eigenvalue weighted by Crippen LogP contribution is -2.43. The van der Waals surface area contributed by atoms with Crippen LogP contribution in [0.3, 0.4) is 0 Å². The first-order valence-corrected chi connectivity index (χ1v) is 6.31. The van der Waals surface area contributed by atoms with E-state index in [1.165, 1.54) is 0 Å². The molecule has 2 rings (SSSR count). The van der Waals surface area contributed by atoms with Gasteiger partial charge in [-0.15, -0.1) is 0 Å². The van der Waals surface area contributed by atoms with Crippen LogP contribution in [-0.4, -0.2) is 46.7 Å². The number of likely N-dealkylation sites (tertiary alicyclic amines) is 1. The number of carboxylic acids is 1. The molecule has 106 valence electrons. The van der Waals surface area contributed by atoms with Crippen molar-refractivity contribution in [1.82, 2.24) is 4.90 Å². The van der Waals surface area contributed by atoms with E-state index in [1.54, 1.807) is 0 Å². The van der Waals surface area contributed by atoms with Crippen LogP contribution in [0.15, 0.2) is 0 Å². The van der Waals surface area contributed by atoms with Crippen molar-refractivity contribution < 1.29 is 24.2 Å². The number of nitrogens with two attached hydrogens (primary N) is 1. The van der Waals surface area contributed by atoms with Crippen molar-refractivity contribution in [3.63, 3.8) is 0 Å². The molecule has 3 N–H and O–H groups in total. The topological polar surface area (TPSA) is 110 Å². The Bertz CT molecular complexity index is 418. The number of ether oxygens (including phenoxy) is 1. The molecule has 1 saturated carbocycles. The summed E-state index contributed by atoms with van der Waals surface area (Å²) in [6.45, 7) is 0. The molecular formula is C12H18N2O5. The number of carboxylic acid groups (broad SMARTS) is 1. The zero-order valence-electron chi connectivity index (χ0n) is 10.8. The maximum Gasteiger partial charge on any atom is 0.417 e. The first kappa shape index (κ1) is 13.8. The van der Waals surface area contributed by atoms with Crippen molar-refractivity contribution in [3.8, 4) is 0 Å². The minimum atomic E-state index is -1.19. The lowest BCUT2D eigenvalue weighted by Gasteiger charge is -2.17. The van der Waals surface area contributed by atoms with Gasteiger partial charge >= 0.3 is 12.1 Å². The number of rotatable bonds is 4. The van der Waals surface area contributed by atoms with Crippen molar-refractivity contribution in [3.05, 3.63) is 0 Å². The van der Waals surface area contributed by atoms with Gasteiger partial charge in [-0.05, 0) is 32.1 Å². The number of hydrogen-bond donors (Lipinski definition) is 2. The zero-order valence-corrected chi connectivity index (χ0v) is 10.8. The second kappa shape index (κ2) is 4.80. The van der Waals surface area contributed by atoms with Crippen molar-refractivity contribution in [2.45, 2.75) is 43.7 Å². The molecule has 1 unspecified atom stereocenters. The SMILES string of the molecule is COC(=O)N1C(=O)C(CCC2(N)CC2)C[C@H]1C(=O)O. The van der Waals surface area contributed by atoms with E-state index in [2.05, 4.69) is 4.74 Å². The highest BCUT2D eigenvalue weighted by Gasteiger charge is 2.48. The molecule has 2 fully saturated rings. The van der Waals surface area contributed by atoms with Crippen LogP contribution in [0.1, 0.15) is 32.1 Å². The predicted octanol–water partition coefficient (Wildman–Crippen LogP) is 0.326. The van der Waals surface area contributed by atoms with E-state index in [0.717, 1.165) is 20.0 Å². The van der Waals surface area contributed by atoms with Gasteiger partial charge in [-0.3, -0.25) is 4.79 Å². The second-order valence-electron chi connectivity index (χ2n) is 5.37. The standard InChI is InChI=1S/C12H18N2O5/c1-19-11(18)14-8(10(16)17)6-7(9(14)15)2-3-12(13)4-5-12/h7-8H,2-6,13H2,1H3,(H,16,17)/t7?,8-/m0/s1. The summed E-state index contributed by atoms with van der Waals surface area (Å²) in [6.07, 6.45) is 2.32. The molecular weight excluding hydrogens is 252 g/mol. The molecule has 2 amide bonds. The van der Waals surface area contributed by atoms with Crippen molar-refractivity contribution in [2.24, 2.45) is 11.7 Å². The molecule has 2 aliphatic rings. The van der Waals surface area contributed by atoms with E-state index in [4.69, 9.17) is 10.8 Å². The van der Waals surface area contributed by atoms with Crippen molar-refractivity contribution in [2.75, 3.05) is 7.11 Å². The van der Waals surface area contributed by atoms with Gasteiger partial charge in [-0.2, -0.15) is 0 Å². The third-order valence-electron chi connectivity index (χ3n) is 3.95. The van der Waals surface area contributed by atoms with Crippen molar-refractivity contribution in [1.29, 1.82) is 0 Å². The number of aliphatic carboxylic acids is 1. The van der Waals surface area contributed by atoms with Crippen LogP contribution in [0.4, 0.5) is 4.79 Å². The van der Waals surface area contributed by atoms with Crippen LogP contribution >= 0.6 is 0 Å². The normalized spacial score (nSPS) is 28.3. The third kappa shape index (κ3) is 2.70. The average molecular weight is 270 g/mol. The summed E-state index contributed by atoms with van der Waals surface area (Å²) < 4.78 is 4.47. The van der Waals surface area contributed by atoms with Gasteiger partial charge in [0.15, 0.2) is 0 Å². The Morgan fingerprint density at radius 1 is 1.53 bits per heavy atom. The highest BCUT2D eigenvalue weighted by atomic mass is 16.5. The molecule has 7 nitrogen and oxygen atoms in total. The van der Waals surface area contributed by atoms with Crippen LogP contribution in [0.5, 0.6) is 0 Å². The summed E-state index contributed by atoms with van der Waals surface area (Å²) >= 11 is 0. The maximum absolute atomic E-state index is 12.1. The Labute approximate surface area is 110 Å². The van der Waals surface area contributed by atoms with E-state index in [9.17, 15) is 14.4 Å². The fourth-order valence-electron chi connectivity index (χ4n) is 2.47. The van der Waals surface area contributed by atoms with Crippen molar-refractivity contribution >= 4 is 18.0 Å². The van der Waals surface area contributed by atoms with E-state index < -0.39 is 29.9 Å². The molecule has 1 aliphatic carbocycles. The summed E-state index contributed by atoms with van der Waals surface area (Å²) in [5.41, 5.74) is 5.77. The number of carbonyl (C=O) groups excluding carboxylic acids is 2. The molecule has 19 heavy (non-hydrogen) atoms. The Balaban J connectivity index is 2.04. The Kier molecular flexibility index (Phi) is 3.49. The van der Waals surface area contributed by atoms with E-state index in [1.807, 2.05) is 0 Å². The summed E-state index contributed by atoms with van der Waals surface area (Å²) in [4.78, 5) is 35.4. The molecule has 0 radical (unpaired) electrons. The van der Waals surface area contributed by atoms with Crippen LogP contribution in [-0.2, 0) is 14.3 Å². The molecule has 7 heteroatoms. The number of imide groups is 1. The molecule has 1 heterocycles. The van der Waals surface area contributed by atoms with Crippen LogP contribution in [0.25, 0.3) is 0 Å². The Morgan fingerprint density at radius 2 is 2.16 bits per heavy atom. The van der Waals surface area contributed by atoms with Crippen LogP contribution in [0, 0.1) is 5.92 Å². The zero-order chi connectivity index (χ0) is 14.2. The lowest BCUT2D eigenvalue weighted by atomic mass is 9.96. The van der Waals surface area contributed by atoms with Gasteiger partial charge in [0, 0.05) is 11.5 Å². The smallest absolute Gasteiger partial charge is 0.417 e. The molecule has 1 saturated heterocycles. The van der Waals surface area contributed by atoms with E-state index in [-0.39, 0.29) is 12.0 Å². The number of hydrogen-bond acceptors (Lipinski definition) is 5. The summed E-state index contributed by atoms with van der Waals surface area (Å²) in [5, 5.41) is 9.08. The predicted molar refractivity (Wildman–Crippen MR) is 64.2 cm³/mol. The van der Waals surface area contributed by atoms with Gasteiger partial charge in [0.2, 0.25) is 5.91 Å². The van der Waals surface area contributed by atoms with Gasteiger partial charge in [0.1, 0.15) is 6.04 Å². The highest BCUT2D eigenvalue weighted by Crippen LogP contribution is 2.39. The number of carbonyl (C=O) groups is 3. The first-order chi connectivity index (χ1) is 8.88. The highest BCUT2D eigenvalue weighted by molar-refractivity contribution is 6.00. The molecule has 0 spiro atoms. The fraction of sp³-hybridized carbons (Fsp3) is 0.750. The molecule has 1 aliphatic heterocycles. The first-order valence-electron chi connectivity index (χ1n) is 6.31. The number of methoxy groups -OCH3 is 1. The van der Waals surface area contributed by atoms with E-state index >= 15 is 0 Å². The Hall–Kier alpha value is -1.63. The summed E-state index contributed by atoms with van der Waals surface area (Å²) in [5.74, 6) is -2.11. The average Bonchev–Trinajstić information content (AvgIpc) is 3.00. The van der Waals surface area contributed by atoms with Gasteiger partial charge in [-0.1, -0.05) is 0 Å². The summed E-state index contributed by atoms with van der Waals surface area (Å²) in [6, 6.07) is -1.13. The number of nitrogens with zero attached hydrogens (tertiary/aromatic N) is 1. The van der Waals surface area contributed by atoms with Gasteiger partial charge in [0.25, 0.3) is 0 Å². The quantitative estimate of drug-likeness (QED) is 0.761. The fourth-order valence-corrected chi connectivity index (χ4v) is 2.47. The maximum atomic E-state index is 12.1. The largest absolute Gasteiger partial charge is 0.480 e. The molecule has 2 atom stereocenters. The van der Waals surface area contributed by atoms with Crippen LogP contribution < -0.4 is 5.73 Å². The minimum absolute atomic E-state index is 0.138. The van der Waals surface area contributed by atoms with Gasteiger partial charge in [0.05, 0.1) is 7.11 Å². The van der Waals surface area contributed by atoms with Gasteiger partial charge < -0.3 is 15.6 Å². The molecule has 0 bridgehead atoms. The minimum Gasteiger partial charge on any atom is -0.480 e. The van der Waals surface area contributed by atoms with Gasteiger partial charge in [-0.25, -0.2) is 14.5 Å². The summed E-state index contributed by atoms with van der Waals surface area (Å²) in [7, 11) is 1.13. The lowest BCUT2D eigenvalue weighted by molar-refractivity contribution is -0.145. The van der Waals surface area contributed by atoms with Crippen LogP contribution in [0.2, 0.25) is 0 Å². The monoisotopic (exact) mass is 270 g/mol. The molecule has 0 aromatic rings. The molecule has 0 aromatic heterocycles. The third-order valence-corrected chi connectivity index (χ3v) is 3.95.